The Hall–Kier alpha value is -3.04. The molecule has 3 rings (SSSR count). The third-order valence-corrected chi connectivity index (χ3v) is 7.56. The zero-order chi connectivity index (χ0) is 27.0. The van der Waals surface area contributed by atoms with Crippen LogP contribution in [0.15, 0.2) is 52.2 Å². The summed E-state index contributed by atoms with van der Waals surface area (Å²) in [6.07, 6.45) is -4.70. The predicted molar refractivity (Wildman–Crippen MR) is 130 cm³/mol. The SMILES string of the molecule is N#CCCOP(=S)(OCCC#N)O[C@H]1[C@@H](O)[C@H](n2ccc(=O)n(C(=O)c3ccccc3)c2=O)O[C@@H]1CO. The third kappa shape index (κ3) is 6.64. The number of ether oxygens (including phenoxy) is 1. The van der Waals surface area contributed by atoms with Crippen molar-refractivity contribution in [2.24, 2.45) is 0 Å². The van der Waals surface area contributed by atoms with Gasteiger partial charge in [0, 0.05) is 17.8 Å². The summed E-state index contributed by atoms with van der Waals surface area (Å²) in [5.41, 5.74) is -1.88. The van der Waals surface area contributed by atoms with Gasteiger partial charge >= 0.3 is 12.4 Å². The second kappa shape index (κ2) is 13.0. The first-order chi connectivity index (χ1) is 17.8. The van der Waals surface area contributed by atoms with E-state index in [4.69, 9.17) is 40.6 Å². The molecule has 196 valence electrons. The molecule has 0 unspecified atom stereocenters. The van der Waals surface area contributed by atoms with E-state index < -0.39 is 55.0 Å². The Labute approximate surface area is 215 Å². The molecule has 2 aromatic rings. The molecule has 0 aliphatic carbocycles. The average Bonchev–Trinajstić information content (AvgIpc) is 3.19. The summed E-state index contributed by atoms with van der Waals surface area (Å²) in [6, 6.07) is 12.4. The van der Waals surface area contributed by atoms with Crippen molar-refractivity contribution in [3.63, 3.8) is 0 Å². The maximum atomic E-state index is 13.2. The molecule has 0 spiro atoms. The minimum Gasteiger partial charge on any atom is -0.394 e. The molecule has 0 saturated carbocycles. The third-order valence-electron chi connectivity index (χ3n) is 5.17. The summed E-state index contributed by atoms with van der Waals surface area (Å²) < 4.78 is 23.5. The van der Waals surface area contributed by atoms with E-state index in [2.05, 4.69) is 0 Å². The molecule has 0 amide bonds. The second-order valence-corrected chi connectivity index (χ2v) is 10.6. The number of carbonyl (C=O) groups excluding carboxylic acids is 1. The molecule has 1 aliphatic rings. The van der Waals surface area contributed by atoms with Crippen LogP contribution < -0.4 is 11.2 Å². The van der Waals surface area contributed by atoms with Crippen molar-refractivity contribution in [1.29, 1.82) is 10.5 Å². The van der Waals surface area contributed by atoms with Crippen LogP contribution >= 0.6 is 6.72 Å². The van der Waals surface area contributed by atoms with Crippen LogP contribution in [-0.2, 0) is 30.1 Å². The van der Waals surface area contributed by atoms with Gasteiger partial charge in [0.2, 0.25) is 0 Å². The van der Waals surface area contributed by atoms with Crippen LogP contribution in [0.2, 0.25) is 0 Å². The van der Waals surface area contributed by atoms with Crippen LogP contribution in [0.3, 0.4) is 0 Å². The Kier molecular flexibility index (Phi) is 10.00. The van der Waals surface area contributed by atoms with Gasteiger partial charge in [0.15, 0.2) is 6.23 Å². The van der Waals surface area contributed by atoms with Gasteiger partial charge in [-0.25, -0.2) is 4.79 Å². The fourth-order valence-electron chi connectivity index (χ4n) is 3.46. The molecule has 4 atom stereocenters. The highest BCUT2D eigenvalue weighted by Crippen LogP contribution is 2.53. The Morgan fingerprint density at radius 3 is 2.30 bits per heavy atom. The molecule has 0 bridgehead atoms. The Morgan fingerprint density at radius 2 is 1.73 bits per heavy atom. The fraction of sp³-hybridized carbons (Fsp3) is 0.409. The van der Waals surface area contributed by atoms with Crippen LogP contribution in [0.5, 0.6) is 0 Å². The normalized spacial score (nSPS) is 21.3. The maximum absolute atomic E-state index is 13.2. The molecule has 37 heavy (non-hydrogen) atoms. The van der Waals surface area contributed by atoms with E-state index in [-0.39, 0.29) is 31.6 Å². The van der Waals surface area contributed by atoms with Crippen molar-refractivity contribution in [1.82, 2.24) is 9.13 Å². The minimum absolute atomic E-state index is 0.0362. The number of nitriles is 2. The molecule has 1 aromatic heterocycles. The number of carbonyl (C=O) groups is 1. The van der Waals surface area contributed by atoms with Gasteiger partial charge in [0.25, 0.3) is 11.5 Å². The molecule has 0 radical (unpaired) electrons. The van der Waals surface area contributed by atoms with Crippen molar-refractivity contribution in [2.45, 2.75) is 37.4 Å². The van der Waals surface area contributed by atoms with Crippen LogP contribution in [0.4, 0.5) is 0 Å². The van der Waals surface area contributed by atoms with E-state index in [1.165, 1.54) is 12.1 Å². The predicted octanol–water partition coefficient (Wildman–Crippen LogP) is 0.419. The molecule has 15 heteroatoms. The topological polar surface area (TPSA) is 186 Å². The van der Waals surface area contributed by atoms with Crippen molar-refractivity contribution in [3.05, 3.63) is 69.0 Å². The van der Waals surface area contributed by atoms with Crippen molar-refractivity contribution >= 4 is 24.4 Å². The molecule has 1 aromatic carbocycles. The van der Waals surface area contributed by atoms with E-state index in [0.29, 0.717) is 4.57 Å². The van der Waals surface area contributed by atoms with E-state index in [1.807, 2.05) is 12.1 Å². The summed E-state index contributed by atoms with van der Waals surface area (Å²) in [7, 11) is 0. The zero-order valence-corrected chi connectivity index (χ0v) is 21.0. The summed E-state index contributed by atoms with van der Waals surface area (Å²) in [6.45, 7) is -4.60. The maximum Gasteiger partial charge on any atom is 0.340 e. The smallest absolute Gasteiger partial charge is 0.340 e. The van der Waals surface area contributed by atoms with Gasteiger partial charge in [-0.05, 0) is 23.9 Å². The molecule has 1 aliphatic heterocycles. The lowest BCUT2D eigenvalue weighted by molar-refractivity contribution is -0.0552. The van der Waals surface area contributed by atoms with Crippen LogP contribution in [-0.4, -0.2) is 63.4 Å². The van der Waals surface area contributed by atoms with Crippen molar-refractivity contribution in [2.75, 3.05) is 19.8 Å². The van der Waals surface area contributed by atoms with Crippen LogP contribution in [0, 0.1) is 22.7 Å². The first-order valence-electron chi connectivity index (χ1n) is 11.0. The summed E-state index contributed by atoms with van der Waals surface area (Å²) in [4.78, 5) is 38.4. The fourth-order valence-corrected chi connectivity index (χ4v) is 5.59. The molecule has 1 saturated heterocycles. The highest BCUT2D eigenvalue weighted by molar-refractivity contribution is 8.07. The molecular weight excluding hydrogens is 527 g/mol. The highest BCUT2D eigenvalue weighted by Gasteiger charge is 2.48. The molecule has 1 fully saturated rings. The number of aromatic nitrogens is 2. The Bertz CT molecular complexity index is 1330. The second-order valence-electron chi connectivity index (χ2n) is 7.59. The summed E-state index contributed by atoms with van der Waals surface area (Å²) in [5, 5.41) is 38.4. The van der Waals surface area contributed by atoms with E-state index in [9.17, 15) is 24.6 Å². The highest BCUT2D eigenvalue weighted by atomic mass is 32.5. The van der Waals surface area contributed by atoms with Gasteiger partial charge in [-0.15, -0.1) is 0 Å². The molecule has 13 nitrogen and oxygen atoms in total. The lowest BCUT2D eigenvalue weighted by Gasteiger charge is -2.27. The van der Waals surface area contributed by atoms with E-state index >= 15 is 0 Å². The van der Waals surface area contributed by atoms with Crippen molar-refractivity contribution in [3.8, 4) is 12.1 Å². The number of hydrogen-bond donors (Lipinski definition) is 2. The monoisotopic (exact) mass is 550 g/mol. The van der Waals surface area contributed by atoms with Gasteiger partial charge in [0.1, 0.15) is 18.3 Å². The minimum atomic E-state index is -3.64. The van der Waals surface area contributed by atoms with Crippen molar-refractivity contribution < 1.29 is 33.3 Å². The lowest BCUT2D eigenvalue weighted by atomic mass is 10.1. The lowest BCUT2D eigenvalue weighted by Crippen LogP contribution is -2.46. The Morgan fingerprint density at radius 1 is 1.11 bits per heavy atom. The number of aliphatic hydroxyl groups is 2. The molecule has 2 heterocycles. The molecular formula is C22H23N4O9PS. The first kappa shape index (κ1) is 28.5. The van der Waals surface area contributed by atoms with Gasteiger partial charge in [0.05, 0.1) is 44.8 Å². The number of hydrogen-bond acceptors (Lipinski definition) is 12. The standard InChI is InChI=1S/C22H23N4O9PS/c23-9-4-12-32-36(37,33-13-5-10-24)35-19-16(14-27)34-21(18(19)29)25-11-8-17(28)26(22(25)31)20(30)15-6-2-1-3-7-15/h1-3,6-8,11,16,18-19,21,27,29H,4-5,12-14H2/t16-,18-,19-,21-/m1/s1. The van der Waals surface area contributed by atoms with Gasteiger partial charge in [-0.3, -0.25) is 18.7 Å². The van der Waals surface area contributed by atoms with Gasteiger partial charge in [-0.2, -0.15) is 15.1 Å². The quantitative estimate of drug-likeness (QED) is 0.290. The summed E-state index contributed by atoms with van der Waals surface area (Å²) >= 11 is 5.35. The van der Waals surface area contributed by atoms with E-state index in [0.717, 1.165) is 16.8 Å². The van der Waals surface area contributed by atoms with Gasteiger partial charge < -0.3 is 24.0 Å². The molecule has 2 N–H and O–H groups in total. The summed E-state index contributed by atoms with van der Waals surface area (Å²) in [5.74, 6) is -0.878. The van der Waals surface area contributed by atoms with Crippen LogP contribution in [0.1, 0.15) is 29.4 Å². The van der Waals surface area contributed by atoms with E-state index in [1.54, 1.807) is 18.2 Å². The van der Waals surface area contributed by atoms with Gasteiger partial charge in [-0.1, -0.05) is 18.2 Å². The largest absolute Gasteiger partial charge is 0.394 e. The Balaban J connectivity index is 1.92. The number of benzene rings is 1. The first-order valence-corrected chi connectivity index (χ1v) is 13.5. The number of nitrogens with zero attached hydrogens (tertiary/aromatic N) is 4. The average molecular weight is 550 g/mol. The zero-order valence-electron chi connectivity index (χ0n) is 19.3. The van der Waals surface area contributed by atoms with Crippen LogP contribution in [0.25, 0.3) is 0 Å². The number of rotatable bonds is 11. The number of aliphatic hydroxyl groups excluding tert-OH is 2.